The summed E-state index contributed by atoms with van der Waals surface area (Å²) in [6.07, 6.45) is 4.01. The van der Waals surface area contributed by atoms with Gasteiger partial charge >= 0.3 is 0 Å². The summed E-state index contributed by atoms with van der Waals surface area (Å²) >= 11 is 5.73. The number of Topliss-reactive ketones (excluding diaryl/α,β-unsaturated/α-hetero) is 1. The van der Waals surface area contributed by atoms with Crippen molar-refractivity contribution >= 4 is 23.3 Å². The van der Waals surface area contributed by atoms with Gasteiger partial charge in [0.05, 0.1) is 6.04 Å². The van der Waals surface area contributed by atoms with E-state index in [1.54, 1.807) is 6.92 Å². The molecular weight excluding hydrogens is 413 g/mol. The normalized spacial score (nSPS) is 20.5. The topological polar surface area (TPSA) is 91.6 Å². The SMILES string of the molecule is CC1C(=O)c2c(O)c(=O)c(C(=O)NCc3ccc(Cl)cc3F)cn2N2CCCC[C@@H]12. The van der Waals surface area contributed by atoms with Crippen LogP contribution in [0.3, 0.4) is 0 Å². The Morgan fingerprint density at radius 2 is 2.10 bits per heavy atom. The number of rotatable bonds is 3. The number of benzene rings is 1. The summed E-state index contributed by atoms with van der Waals surface area (Å²) in [5.74, 6) is -2.75. The fraction of sp³-hybridized carbons (Fsp3) is 0.381. The summed E-state index contributed by atoms with van der Waals surface area (Å²) in [5.41, 5.74) is -1.12. The minimum atomic E-state index is -0.925. The van der Waals surface area contributed by atoms with Crippen LogP contribution in [0.5, 0.6) is 5.75 Å². The van der Waals surface area contributed by atoms with E-state index in [9.17, 15) is 23.9 Å². The third-order valence-corrected chi connectivity index (χ3v) is 6.12. The van der Waals surface area contributed by atoms with Crippen molar-refractivity contribution < 1.29 is 19.1 Å². The molecule has 0 saturated carbocycles. The first kappa shape index (κ1) is 20.4. The molecule has 2 aliphatic heterocycles. The number of ketones is 1. The fourth-order valence-corrected chi connectivity index (χ4v) is 4.39. The molecule has 158 valence electrons. The van der Waals surface area contributed by atoms with Gasteiger partial charge in [0.2, 0.25) is 5.43 Å². The van der Waals surface area contributed by atoms with Crippen LogP contribution < -0.4 is 15.8 Å². The highest BCUT2D eigenvalue weighted by Crippen LogP contribution is 2.32. The van der Waals surface area contributed by atoms with Crippen molar-refractivity contribution in [1.82, 2.24) is 9.99 Å². The van der Waals surface area contributed by atoms with Crippen LogP contribution in [-0.2, 0) is 6.54 Å². The smallest absolute Gasteiger partial charge is 0.257 e. The Kier molecular flexibility index (Phi) is 5.27. The van der Waals surface area contributed by atoms with Crippen LogP contribution >= 0.6 is 11.6 Å². The van der Waals surface area contributed by atoms with E-state index in [-0.39, 0.29) is 46.1 Å². The molecule has 0 radical (unpaired) electrons. The molecule has 1 amide bonds. The van der Waals surface area contributed by atoms with Crippen molar-refractivity contribution in [3.05, 3.63) is 62.3 Å². The number of hydrogen-bond acceptors (Lipinski definition) is 5. The van der Waals surface area contributed by atoms with Crippen LogP contribution in [0, 0.1) is 11.7 Å². The molecule has 1 fully saturated rings. The number of nitrogens with zero attached hydrogens (tertiary/aromatic N) is 2. The highest BCUT2D eigenvalue weighted by atomic mass is 35.5. The maximum atomic E-state index is 14.0. The van der Waals surface area contributed by atoms with E-state index in [4.69, 9.17) is 11.6 Å². The van der Waals surface area contributed by atoms with Crippen molar-refractivity contribution in [3.8, 4) is 5.75 Å². The van der Waals surface area contributed by atoms with E-state index in [2.05, 4.69) is 5.32 Å². The lowest BCUT2D eigenvalue weighted by Crippen LogP contribution is -2.57. The van der Waals surface area contributed by atoms with Gasteiger partial charge in [0.25, 0.3) is 5.91 Å². The van der Waals surface area contributed by atoms with Gasteiger partial charge in [-0.25, -0.2) is 4.39 Å². The Hall–Kier alpha value is -2.87. The first-order chi connectivity index (χ1) is 14.3. The number of aromatic nitrogens is 1. The predicted molar refractivity (Wildman–Crippen MR) is 109 cm³/mol. The van der Waals surface area contributed by atoms with Crippen LogP contribution in [0.15, 0.2) is 29.2 Å². The Bertz CT molecular complexity index is 1100. The second-order valence-electron chi connectivity index (χ2n) is 7.71. The molecule has 7 nitrogen and oxygen atoms in total. The number of carbonyl (C=O) groups excluding carboxylic acids is 2. The molecule has 1 saturated heterocycles. The minimum absolute atomic E-state index is 0.0558. The van der Waals surface area contributed by atoms with Crippen molar-refractivity contribution in [2.24, 2.45) is 5.92 Å². The summed E-state index contributed by atoms with van der Waals surface area (Å²) in [4.78, 5) is 38.1. The number of hydrogen-bond donors (Lipinski definition) is 2. The average molecular weight is 434 g/mol. The van der Waals surface area contributed by atoms with Crippen LogP contribution in [0.1, 0.15) is 52.6 Å². The lowest BCUT2D eigenvalue weighted by molar-refractivity contribution is 0.0837. The van der Waals surface area contributed by atoms with E-state index in [1.807, 2.05) is 5.01 Å². The maximum absolute atomic E-state index is 14.0. The van der Waals surface area contributed by atoms with Crippen LogP contribution in [0.2, 0.25) is 5.02 Å². The summed E-state index contributed by atoms with van der Waals surface area (Å²) in [6, 6.07) is 4.01. The van der Waals surface area contributed by atoms with Gasteiger partial charge in [-0.15, -0.1) is 0 Å². The molecule has 1 unspecified atom stereocenters. The second-order valence-corrected chi connectivity index (χ2v) is 8.15. The number of amides is 1. The van der Waals surface area contributed by atoms with Gasteiger partial charge in [-0.3, -0.25) is 19.1 Å². The molecule has 1 aromatic carbocycles. The number of carbonyl (C=O) groups is 2. The number of fused-ring (bicyclic) bond motifs is 3. The maximum Gasteiger partial charge on any atom is 0.257 e. The lowest BCUT2D eigenvalue weighted by atomic mass is 9.86. The second kappa shape index (κ2) is 7.75. The highest BCUT2D eigenvalue weighted by Gasteiger charge is 2.41. The zero-order chi connectivity index (χ0) is 21.6. The van der Waals surface area contributed by atoms with Gasteiger partial charge in [-0.1, -0.05) is 24.6 Å². The van der Waals surface area contributed by atoms with Gasteiger partial charge in [0, 0.05) is 35.8 Å². The van der Waals surface area contributed by atoms with Crippen LogP contribution in [0.25, 0.3) is 0 Å². The zero-order valence-electron chi connectivity index (χ0n) is 16.3. The quantitative estimate of drug-likeness (QED) is 0.776. The number of halogens is 2. The lowest BCUT2D eigenvalue weighted by Gasteiger charge is -2.45. The average Bonchev–Trinajstić information content (AvgIpc) is 2.73. The fourth-order valence-electron chi connectivity index (χ4n) is 4.23. The van der Waals surface area contributed by atoms with Crippen LogP contribution in [-0.4, -0.2) is 34.1 Å². The van der Waals surface area contributed by atoms with E-state index in [1.165, 1.54) is 23.0 Å². The first-order valence-electron chi connectivity index (χ1n) is 9.81. The van der Waals surface area contributed by atoms with Crippen molar-refractivity contribution in [1.29, 1.82) is 0 Å². The third kappa shape index (κ3) is 3.35. The third-order valence-electron chi connectivity index (χ3n) is 5.88. The first-order valence-corrected chi connectivity index (χ1v) is 10.2. The van der Waals surface area contributed by atoms with E-state index in [0.717, 1.165) is 25.3 Å². The number of piperidine rings is 1. The largest absolute Gasteiger partial charge is 0.503 e. The van der Waals surface area contributed by atoms with Gasteiger partial charge in [-0.2, -0.15) is 0 Å². The Morgan fingerprint density at radius 1 is 1.33 bits per heavy atom. The summed E-state index contributed by atoms with van der Waals surface area (Å²) < 4.78 is 15.4. The van der Waals surface area contributed by atoms with Gasteiger partial charge in [-0.05, 0) is 31.4 Å². The van der Waals surface area contributed by atoms with Gasteiger partial charge < -0.3 is 15.4 Å². The standard InChI is InChI=1S/C21H21ClFN3O4/c1-11-16-4-2-3-7-25(16)26-10-14(19(28)20(29)17(26)18(11)27)21(30)24-9-12-5-6-13(22)8-15(12)23/h5-6,8,10-11,16,29H,2-4,7,9H2,1H3,(H,24,30)/t11?,16-/m0/s1. The van der Waals surface area contributed by atoms with E-state index >= 15 is 0 Å². The summed E-state index contributed by atoms with van der Waals surface area (Å²) in [6.45, 7) is 2.28. The van der Waals surface area contributed by atoms with E-state index < -0.39 is 22.9 Å². The van der Waals surface area contributed by atoms with Gasteiger partial charge in [0.1, 0.15) is 11.4 Å². The molecular formula is C21H21ClFN3O4. The molecule has 9 heteroatoms. The minimum Gasteiger partial charge on any atom is -0.503 e. The molecule has 0 bridgehead atoms. The Morgan fingerprint density at radius 3 is 2.83 bits per heavy atom. The summed E-state index contributed by atoms with van der Waals surface area (Å²) in [7, 11) is 0. The van der Waals surface area contributed by atoms with Gasteiger partial charge in [0.15, 0.2) is 17.2 Å². The Labute approximate surface area is 177 Å². The molecule has 1 aromatic heterocycles. The van der Waals surface area contributed by atoms with Crippen molar-refractivity contribution in [2.45, 2.75) is 38.8 Å². The molecule has 2 aromatic rings. The molecule has 0 aliphatic carbocycles. The van der Waals surface area contributed by atoms with Crippen molar-refractivity contribution in [3.63, 3.8) is 0 Å². The zero-order valence-corrected chi connectivity index (χ0v) is 17.1. The molecule has 2 N–H and O–H groups in total. The number of pyridine rings is 1. The molecule has 2 aliphatic rings. The molecule has 30 heavy (non-hydrogen) atoms. The predicted octanol–water partition coefficient (Wildman–Crippen LogP) is 2.60. The molecule has 0 spiro atoms. The molecule has 3 heterocycles. The monoisotopic (exact) mass is 433 g/mol. The van der Waals surface area contributed by atoms with E-state index in [0.29, 0.717) is 6.54 Å². The molecule has 2 atom stereocenters. The molecule has 4 rings (SSSR count). The Balaban J connectivity index is 1.68. The highest BCUT2D eigenvalue weighted by molar-refractivity contribution is 6.30. The summed E-state index contributed by atoms with van der Waals surface area (Å²) in [5, 5.41) is 15.1. The number of nitrogens with one attached hydrogen (secondary N) is 1. The van der Waals surface area contributed by atoms with Crippen molar-refractivity contribution in [2.75, 3.05) is 11.6 Å². The number of aromatic hydroxyl groups is 1. The van der Waals surface area contributed by atoms with Crippen LogP contribution in [0.4, 0.5) is 4.39 Å².